The monoisotopic (exact) mass is 177 g/mol. The molecule has 1 aromatic heterocycles. The predicted octanol–water partition coefficient (Wildman–Crippen LogP) is 2.21. The fourth-order valence-electron chi connectivity index (χ4n) is 0.288. The summed E-state index contributed by atoms with van der Waals surface area (Å²) in [7, 11) is 0. The van der Waals surface area contributed by atoms with Crippen LogP contribution in [0.3, 0.4) is 0 Å². The zero-order valence-electron chi connectivity index (χ0n) is 3.81. The molecule has 0 atom stereocenters. The standard InChI is InChI=1S/C4H4BrNS/c1-3-4(5)7-2-6-3/h2H,1H3. The Bertz CT molecular complexity index is 144. The van der Waals surface area contributed by atoms with Gasteiger partial charge in [-0.25, -0.2) is 4.98 Å². The SMILES string of the molecule is Cc1ncsc1Br. The largest absolute Gasteiger partial charge is 0.249 e. The Morgan fingerprint density at radius 2 is 2.57 bits per heavy atom. The van der Waals surface area contributed by atoms with Crippen LogP contribution in [-0.2, 0) is 0 Å². The molecular weight excluding hydrogens is 174 g/mol. The van der Waals surface area contributed by atoms with E-state index in [9.17, 15) is 0 Å². The highest BCUT2D eigenvalue weighted by molar-refractivity contribution is 9.11. The minimum atomic E-state index is 1.07. The second kappa shape index (κ2) is 1.92. The number of thiazole rings is 1. The van der Waals surface area contributed by atoms with Gasteiger partial charge in [0, 0.05) is 0 Å². The second-order valence-electron chi connectivity index (χ2n) is 1.21. The van der Waals surface area contributed by atoms with Crippen molar-refractivity contribution < 1.29 is 0 Å². The van der Waals surface area contributed by atoms with Gasteiger partial charge < -0.3 is 0 Å². The third-order valence-electron chi connectivity index (χ3n) is 0.687. The van der Waals surface area contributed by atoms with E-state index in [0.717, 1.165) is 9.48 Å². The molecule has 38 valence electrons. The molecule has 7 heavy (non-hydrogen) atoms. The molecule has 0 N–H and O–H groups in total. The molecule has 0 unspecified atom stereocenters. The number of hydrogen-bond acceptors (Lipinski definition) is 2. The van der Waals surface area contributed by atoms with Crippen LogP contribution in [0.2, 0.25) is 0 Å². The van der Waals surface area contributed by atoms with E-state index in [2.05, 4.69) is 20.9 Å². The molecular formula is C4H4BrNS. The number of rotatable bonds is 0. The van der Waals surface area contributed by atoms with E-state index in [1.165, 1.54) is 0 Å². The molecule has 0 fully saturated rings. The quantitative estimate of drug-likeness (QED) is 0.593. The number of hydrogen-bond donors (Lipinski definition) is 0. The number of nitrogens with zero attached hydrogens (tertiary/aromatic N) is 1. The molecule has 0 spiro atoms. The summed E-state index contributed by atoms with van der Waals surface area (Å²) in [6.07, 6.45) is 0. The average Bonchev–Trinajstić information content (AvgIpc) is 1.91. The van der Waals surface area contributed by atoms with Crippen molar-refractivity contribution in [2.75, 3.05) is 0 Å². The summed E-state index contributed by atoms with van der Waals surface area (Å²) in [5.74, 6) is 0. The van der Waals surface area contributed by atoms with Gasteiger partial charge in [0.2, 0.25) is 0 Å². The van der Waals surface area contributed by atoms with Gasteiger partial charge in [-0.05, 0) is 22.9 Å². The molecule has 0 aromatic carbocycles. The molecule has 3 heteroatoms. The Morgan fingerprint density at radius 3 is 2.71 bits per heavy atom. The summed E-state index contributed by atoms with van der Waals surface area (Å²) in [4.78, 5) is 3.99. The molecule has 1 aromatic rings. The molecule has 0 aliphatic heterocycles. The van der Waals surface area contributed by atoms with Crippen molar-refractivity contribution >= 4 is 27.3 Å². The third kappa shape index (κ3) is 1.01. The normalized spacial score (nSPS) is 9.43. The Kier molecular flexibility index (Phi) is 1.44. The zero-order chi connectivity index (χ0) is 5.28. The van der Waals surface area contributed by atoms with Gasteiger partial charge in [0.25, 0.3) is 0 Å². The molecule has 1 rings (SSSR count). The molecule has 0 aliphatic rings. The first-order chi connectivity index (χ1) is 3.30. The molecule has 0 saturated heterocycles. The lowest BCUT2D eigenvalue weighted by Crippen LogP contribution is -1.64. The van der Waals surface area contributed by atoms with Crippen LogP contribution in [0.25, 0.3) is 0 Å². The molecule has 0 aliphatic carbocycles. The summed E-state index contributed by atoms with van der Waals surface area (Å²) in [6, 6.07) is 0. The first-order valence-corrected chi connectivity index (χ1v) is 3.53. The summed E-state index contributed by atoms with van der Waals surface area (Å²) < 4.78 is 1.13. The molecule has 0 amide bonds. The fraction of sp³-hybridized carbons (Fsp3) is 0.250. The maximum Gasteiger partial charge on any atom is 0.0926 e. The first-order valence-electron chi connectivity index (χ1n) is 1.86. The molecule has 0 radical (unpaired) electrons. The van der Waals surface area contributed by atoms with E-state index >= 15 is 0 Å². The van der Waals surface area contributed by atoms with Gasteiger partial charge in [-0.2, -0.15) is 0 Å². The van der Waals surface area contributed by atoms with Crippen molar-refractivity contribution in [3.05, 3.63) is 15.0 Å². The highest BCUT2D eigenvalue weighted by Gasteiger charge is 1.91. The zero-order valence-corrected chi connectivity index (χ0v) is 6.21. The van der Waals surface area contributed by atoms with Crippen molar-refractivity contribution in [1.82, 2.24) is 4.98 Å². The van der Waals surface area contributed by atoms with Crippen LogP contribution < -0.4 is 0 Å². The van der Waals surface area contributed by atoms with E-state index in [1.807, 2.05) is 12.4 Å². The summed E-state index contributed by atoms with van der Waals surface area (Å²) in [6.45, 7) is 1.97. The fourth-order valence-corrected chi connectivity index (χ4v) is 1.17. The molecule has 1 nitrogen and oxygen atoms in total. The van der Waals surface area contributed by atoms with Crippen LogP contribution in [0.15, 0.2) is 9.30 Å². The van der Waals surface area contributed by atoms with Crippen LogP contribution in [0.5, 0.6) is 0 Å². The van der Waals surface area contributed by atoms with Crippen molar-refractivity contribution in [2.24, 2.45) is 0 Å². The minimum Gasteiger partial charge on any atom is -0.249 e. The molecule has 0 saturated carbocycles. The third-order valence-corrected chi connectivity index (χ3v) is 2.53. The Balaban J connectivity index is 3.12. The van der Waals surface area contributed by atoms with Gasteiger partial charge in [-0.1, -0.05) is 0 Å². The second-order valence-corrected chi connectivity index (χ2v) is 3.38. The van der Waals surface area contributed by atoms with Gasteiger partial charge in [0.15, 0.2) is 0 Å². The smallest absolute Gasteiger partial charge is 0.0926 e. The predicted molar refractivity (Wildman–Crippen MR) is 34.6 cm³/mol. The lowest BCUT2D eigenvalue weighted by molar-refractivity contribution is 1.25. The maximum absolute atomic E-state index is 3.99. The lowest BCUT2D eigenvalue weighted by Gasteiger charge is -1.75. The van der Waals surface area contributed by atoms with Crippen LogP contribution in [-0.4, -0.2) is 4.98 Å². The average molecular weight is 178 g/mol. The van der Waals surface area contributed by atoms with E-state index in [0.29, 0.717) is 0 Å². The number of aryl methyl sites for hydroxylation is 1. The van der Waals surface area contributed by atoms with Gasteiger partial charge in [-0.3, -0.25) is 0 Å². The Morgan fingerprint density at radius 1 is 1.86 bits per heavy atom. The topological polar surface area (TPSA) is 12.9 Å². The van der Waals surface area contributed by atoms with Gasteiger partial charge in [0.05, 0.1) is 15.0 Å². The van der Waals surface area contributed by atoms with Crippen LogP contribution in [0.1, 0.15) is 5.69 Å². The Labute approximate surface area is 54.5 Å². The summed E-state index contributed by atoms with van der Waals surface area (Å²) in [5, 5.41) is 0. The van der Waals surface area contributed by atoms with E-state index in [1.54, 1.807) is 11.3 Å². The van der Waals surface area contributed by atoms with Gasteiger partial charge in [-0.15, -0.1) is 11.3 Å². The van der Waals surface area contributed by atoms with Crippen molar-refractivity contribution in [3.8, 4) is 0 Å². The molecule has 0 bridgehead atoms. The van der Waals surface area contributed by atoms with E-state index in [4.69, 9.17) is 0 Å². The molecule has 1 heterocycles. The number of aromatic nitrogens is 1. The van der Waals surface area contributed by atoms with Crippen LogP contribution in [0, 0.1) is 6.92 Å². The Hall–Kier alpha value is 0.110. The van der Waals surface area contributed by atoms with E-state index in [-0.39, 0.29) is 0 Å². The maximum atomic E-state index is 3.99. The van der Waals surface area contributed by atoms with Crippen LogP contribution >= 0.6 is 27.3 Å². The van der Waals surface area contributed by atoms with Crippen LogP contribution in [0.4, 0.5) is 0 Å². The van der Waals surface area contributed by atoms with Crippen molar-refractivity contribution in [1.29, 1.82) is 0 Å². The van der Waals surface area contributed by atoms with Crippen molar-refractivity contribution in [3.63, 3.8) is 0 Å². The van der Waals surface area contributed by atoms with E-state index < -0.39 is 0 Å². The lowest BCUT2D eigenvalue weighted by atomic mass is 10.6. The minimum absolute atomic E-state index is 1.07. The summed E-state index contributed by atoms with van der Waals surface area (Å²) >= 11 is 4.93. The van der Waals surface area contributed by atoms with Crippen molar-refractivity contribution in [2.45, 2.75) is 6.92 Å². The number of halogens is 1. The highest BCUT2D eigenvalue weighted by Crippen LogP contribution is 2.18. The van der Waals surface area contributed by atoms with Gasteiger partial charge in [0.1, 0.15) is 0 Å². The summed E-state index contributed by atoms with van der Waals surface area (Å²) in [5.41, 5.74) is 2.89. The first kappa shape index (κ1) is 5.25. The van der Waals surface area contributed by atoms with Gasteiger partial charge >= 0.3 is 0 Å². The highest BCUT2D eigenvalue weighted by atomic mass is 79.9.